The maximum Gasteiger partial charge on any atom is 0.332 e. The number of hydrogen-bond acceptors (Lipinski definition) is 5. The molecular formula is C27H28N4O4. The van der Waals surface area contributed by atoms with E-state index in [1.54, 1.807) is 60.9 Å². The summed E-state index contributed by atoms with van der Waals surface area (Å²) in [4.78, 5) is 46.1. The molecule has 0 bridgehead atoms. The van der Waals surface area contributed by atoms with Crippen molar-refractivity contribution < 1.29 is 19.1 Å². The second-order valence-electron chi connectivity index (χ2n) is 8.23. The Morgan fingerprint density at radius 2 is 1.71 bits per heavy atom. The number of ether oxygens (including phenoxy) is 1. The van der Waals surface area contributed by atoms with Crippen molar-refractivity contribution in [2.24, 2.45) is 0 Å². The number of urea groups is 1. The number of pyridine rings is 1. The lowest BCUT2D eigenvalue weighted by Gasteiger charge is -2.21. The van der Waals surface area contributed by atoms with Gasteiger partial charge in [0.15, 0.2) is 0 Å². The van der Waals surface area contributed by atoms with Gasteiger partial charge in [-0.3, -0.25) is 14.6 Å². The van der Waals surface area contributed by atoms with Gasteiger partial charge in [-0.05, 0) is 66.9 Å². The minimum absolute atomic E-state index is 0.141. The van der Waals surface area contributed by atoms with Crippen LogP contribution in [0.15, 0.2) is 79.1 Å². The topological polar surface area (TPSA) is 91.8 Å². The average molecular weight is 473 g/mol. The zero-order valence-electron chi connectivity index (χ0n) is 19.6. The van der Waals surface area contributed by atoms with Gasteiger partial charge in [0, 0.05) is 24.6 Å². The molecule has 1 aliphatic rings. The molecule has 1 fully saturated rings. The van der Waals surface area contributed by atoms with Crippen LogP contribution in [0.25, 0.3) is 0 Å². The Morgan fingerprint density at radius 1 is 1.00 bits per heavy atom. The molecule has 1 N–H and O–H groups in total. The van der Waals surface area contributed by atoms with E-state index in [1.807, 2.05) is 25.1 Å². The van der Waals surface area contributed by atoms with Gasteiger partial charge < -0.3 is 15.0 Å². The Kier molecular flexibility index (Phi) is 7.72. The van der Waals surface area contributed by atoms with Crippen LogP contribution >= 0.6 is 0 Å². The third-order valence-electron chi connectivity index (χ3n) is 5.71. The minimum Gasteiger partial charge on any atom is -0.494 e. The largest absolute Gasteiger partial charge is 0.494 e. The van der Waals surface area contributed by atoms with E-state index in [-0.39, 0.29) is 12.3 Å². The zero-order chi connectivity index (χ0) is 24.6. The van der Waals surface area contributed by atoms with Gasteiger partial charge in [-0.2, -0.15) is 0 Å². The average Bonchev–Trinajstić information content (AvgIpc) is 3.11. The Hall–Kier alpha value is -4.20. The normalized spacial score (nSPS) is 15.4. The lowest BCUT2D eigenvalue weighted by atomic mass is 10.1. The molecule has 3 aromatic rings. The molecule has 35 heavy (non-hydrogen) atoms. The lowest BCUT2D eigenvalue weighted by Crippen LogP contribution is -2.39. The van der Waals surface area contributed by atoms with E-state index in [1.165, 1.54) is 4.90 Å². The van der Waals surface area contributed by atoms with Crippen molar-refractivity contribution in [3.63, 3.8) is 0 Å². The molecule has 1 atom stereocenters. The fraction of sp³-hybridized carbons (Fsp3) is 0.259. The lowest BCUT2D eigenvalue weighted by molar-refractivity contribution is -0.124. The van der Waals surface area contributed by atoms with E-state index in [0.717, 1.165) is 22.6 Å². The van der Waals surface area contributed by atoms with Gasteiger partial charge >= 0.3 is 6.03 Å². The maximum absolute atomic E-state index is 13.3. The predicted octanol–water partition coefficient (Wildman–Crippen LogP) is 4.28. The van der Waals surface area contributed by atoms with Gasteiger partial charge in [-0.25, -0.2) is 9.69 Å². The summed E-state index contributed by atoms with van der Waals surface area (Å²) in [6.07, 6.45) is 4.68. The summed E-state index contributed by atoms with van der Waals surface area (Å²) in [5, 5.41) is 2.82. The van der Waals surface area contributed by atoms with Gasteiger partial charge in [0.1, 0.15) is 11.8 Å². The number of para-hydroxylation sites is 1. The van der Waals surface area contributed by atoms with Crippen LogP contribution in [0.2, 0.25) is 0 Å². The number of benzene rings is 2. The summed E-state index contributed by atoms with van der Waals surface area (Å²) in [6, 6.07) is 18.3. The van der Waals surface area contributed by atoms with Crippen LogP contribution in [0, 0.1) is 0 Å². The molecule has 0 spiro atoms. The number of aromatic nitrogens is 1. The number of amides is 4. The van der Waals surface area contributed by atoms with Crippen LogP contribution in [-0.2, 0) is 16.0 Å². The summed E-state index contributed by atoms with van der Waals surface area (Å²) in [5.41, 5.74) is 2.08. The summed E-state index contributed by atoms with van der Waals surface area (Å²) in [7, 11) is 0. The third-order valence-corrected chi connectivity index (χ3v) is 5.71. The highest BCUT2D eigenvalue weighted by Gasteiger charge is 2.46. The Labute approximate surface area is 204 Å². The first-order valence-electron chi connectivity index (χ1n) is 11.7. The van der Waals surface area contributed by atoms with E-state index in [4.69, 9.17) is 4.74 Å². The SMILES string of the molecule is CCCOc1ccc(NC(=O)C[C@@H]2C(=O)N(c3ccccc3)C(=O)N2CCc2ccncc2)cc1. The van der Waals surface area contributed by atoms with Gasteiger partial charge in [0.2, 0.25) is 5.91 Å². The van der Waals surface area contributed by atoms with Crippen molar-refractivity contribution >= 4 is 29.2 Å². The maximum atomic E-state index is 13.3. The van der Waals surface area contributed by atoms with Crippen LogP contribution < -0.4 is 15.0 Å². The Balaban J connectivity index is 1.48. The molecule has 8 nitrogen and oxygen atoms in total. The number of nitrogens with zero attached hydrogens (tertiary/aromatic N) is 3. The fourth-order valence-corrected chi connectivity index (χ4v) is 3.94. The molecule has 0 radical (unpaired) electrons. The predicted molar refractivity (Wildman–Crippen MR) is 133 cm³/mol. The first-order chi connectivity index (χ1) is 17.1. The van der Waals surface area contributed by atoms with E-state index < -0.39 is 18.0 Å². The fourth-order valence-electron chi connectivity index (χ4n) is 3.94. The third kappa shape index (κ3) is 5.84. The van der Waals surface area contributed by atoms with E-state index in [0.29, 0.717) is 30.9 Å². The number of hydrogen-bond donors (Lipinski definition) is 1. The van der Waals surface area contributed by atoms with Crippen LogP contribution in [0.1, 0.15) is 25.3 Å². The Bertz CT molecular complexity index is 1150. The number of carbonyl (C=O) groups excluding carboxylic acids is 3. The van der Waals surface area contributed by atoms with E-state index in [2.05, 4.69) is 10.3 Å². The van der Waals surface area contributed by atoms with Crippen LogP contribution in [-0.4, -0.2) is 46.9 Å². The Morgan fingerprint density at radius 3 is 2.40 bits per heavy atom. The van der Waals surface area contributed by atoms with Crippen LogP contribution in [0.3, 0.4) is 0 Å². The molecule has 8 heteroatoms. The van der Waals surface area contributed by atoms with E-state index >= 15 is 0 Å². The van der Waals surface area contributed by atoms with Crippen molar-refractivity contribution in [3.05, 3.63) is 84.7 Å². The molecule has 180 valence electrons. The highest BCUT2D eigenvalue weighted by atomic mass is 16.5. The number of anilines is 2. The monoisotopic (exact) mass is 472 g/mol. The van der Waals surface area contributed by atoms with E-state index in [9.17, 15) is 14.4 Å². The van der Waals surface area contributed by atoms with Crippen molar-refractivity contribution in [1.82, 2.24) is 9.88 Å². The zero-order valence-corrected chi connectivity index (χ0v) is 19.6. The molecule has 2 heterocycles. The first-order valence-corrected chi connectivity index (χ1v) is 11.7. The van der Waals surface area contributed by atoms with Crippen molar-refractivity contribution in [3.8, 4) is 5.75 Å². The molecule has 1 aromatic heterocycles. The number of carbonyl (C=O) groups is 3. The molecule has 1 saturated heterocycles. The van der Waals surface area contributed by atoms with Crippen molar-refractivity contribution in [2.45, 2.75) is 32.2 Å². The number of nitrogens with one attached hydrogen (secondary N) is 1. The molecule has 2 aromatic carbocycles. The first kappa shape index (κ1) is 23.9. The van der Waals surface area contributed by atoms with Crippen LogP contribution in [0.4, 0.5) is 16.2 Å². The molecule has 0 aliphatic carbocycles. The highest BCUT2D eigenvalue weighted by molar-refractivity contribution is 6.22. The highest BCUT2D eigenvalue weighted by Crippen LogP contribution is 2.27. The molecule has 1 aliphatic heterocycles. The van der Waals surface area contributed by atoms with Gasteiger partial charge in [-0.15, -0.1) is 0 Å². The van der Waals surface area contributed by atoms with Gasteiger partial charge in [-0.1, -0.05) is 25.1 Å². The second kappa shape index (κ2) is 11.3. The van der Waals surface area contributed by atoms with Gasteiger partial charge in [0.05, 0.1) is 18.7 Å². The summed E-state index contributed by atoms with van der Waals surface area (Å²) in [6.45, 7) is 2.96. The summed E-state index contributed by atoms with van der Waals surface area (Å²) < 4.78 is 5.57. The number of rotatable bonds is 10. The molecule has 4 rings (SSSR count). The van der Waals surface area contributed by atoms with Crippen molar-refractivity contribution in [1.29, 1.82) is 0 Å². The van der Waals surface area contributed by atoms with Crippen molar-refractivity contribution in [2.75, 3.05) is 23.4 Å². The quantitative estimate of drug-likeness (QED) is 0.445. The minimum atomic E-state index is -0.892. The van der Waals surface area contributed by atoms with Gasteiger partial charge in [0.25, 0.3) is 5.91 Å². The number of imide groups is 1. The molecule has 0 unspecified atom stereocenters. The standard InChI is InChI=1S/C27H28N4O4/c1-2-18-35-23-10-8-21(9-11-23)29-25(32)19-24-26(33)31(22-6-4-3-5-7-22)27(34)30(24)17-14-20-12-15-28-16-13-20/h3-13,15-16,24H,2,14,17-19H2,1H3,(H,29,32)/t24-/m1/s1. The van der Waals surface area contributed by atoms with Crippen LogP contribution in [0.5, 0.6) is 5.75 Å². The molecule has 0 saturated carbocycles. The molecule has 4 amide bonds. The summed E-state index contributed by atoms with van der Waals surface area (Å²) in [5.74, 6) is -0.0289. The second-order valence-corrected chi connectivity index (χ2v) is 8.23. The summed E-state index contributed by atoms with van der Waals surface area (Å²) >= 11 is 0. The molecular weight excluding hydrogens is 444 g/mol. The smallest absolute Gasteiger partial charge is 0.332 e.